The summed E-state index contributed by atoms with van der Waals surface area (Å²) in [6.45, 7) is 1.66. The number of methoxy groups -OCH3 is 3. The maximum absolute atomic E-state index is 12.4. The molecule has 1 heterocycles. The lowest BCUT2D eigenvalue weighted by atomic mass is 10.1. The van der Waals surface area contributed by atoms with Gasteiger partial charge in [-0.25, -0.2) is 4.68 Å². The predicted octanol–water partition coefficient (Wildman–Crippen LogP) is 3.31. The lowest BCUT2D eigenvalue weighted by molar-refractivity contribution is -0.140. The Kier molecular flexibility index (Phi) is 15.3. The molecule has 14 nitrogen and oxygen atoms in total. The highest BCUT2D eigenvalue weighted by Gasteiger charge is 2.10. The molecule has 0 bridgehead atoms. The number of aromatic hydroxyl groups is 1. The van der Waals surface area contributed by atoms with Gasteiger partial charge in [0.2, 0.25) is 5.91 Å². The van der Waals surface area contributed by atoms with Gasteiger partial charge in [0, 0.05) is 19.4 Å². The number of ketones is 2. The summed E-state index contributed by atoms with van der Waals surface area (Å²) in [6.07, 6.45) is 8.10. The van der Waals surface area contributed by atoms with Gasteiger partial charge >= 0.3 is 5.97 Å². The Bertz CT molecular complexity index is 1600. The topological polar surface area (TPSA) is 177 Å². The first-order valence-corrected chi connectivity index (χ1v) is 15.1. The first-order valence-electron chi connectivity index (χ1n) is 15.1. The number of allylic oxidation sites excluding steroid dienone is 2. The summed E-state index contributed by atoms with van der Waals surface area (Å²) in [7, 11) is 4.25. The SMILES string of the molecule is COC(=O)CCCC(=O)NCCOCCn1cc(COc2ccc(/C=C/C(=O)CC(=O)/C=C/c3ccc(O)c(OC)c3)cc2OC)nn1. The maximum atomic E-state index is 12.4. The molecule has 0 unspecified atom stereocenters. The molecule has 0 aliphatic heterocycles. The summed E-state index contributed by atoms with van der Waals surface area (Å²) in [5.41, 5.74) is 1.91. The fraction of sp³-hybridized carbons (Fsp3) is 0.353. The molecule has 0 saturated heterocycles. The summed E-state index contributed by atoms with van der Waals surface area (Å²) in [5, 5.41) is 20.6. The zero-order valence-electron chi connectivity index (χ0n) is 27.2. The molecule has 2 N–H and O–H groups in total. The van der Waals surface area contributed by atoms with Crippen molar-refractivity contribution in [2.24, 2.45) is 0 Å². The second-order valence-corrected chi connectivity index (χ2v) is 10.3. The fourth-order valence-electron chi connectivity index (χ4n) is 4.15. The number of nitrogens with one attached hydrogen (secondary N) is 1. The Morgan fingerprint density at radius 1 is 0.875 bits per heavy atom. The second kappa shape index (κ2) is 19.9. The van der Waals surface area contributed by atoms with Crippen molar-refractivity contribution in [1.29, 1.82) is 0 Å². The van der Waals surface area contributed by atoms with E-state index in [1.807, 2.05) is 0 Å². The normalized spacial score (nSPS) is 11.1. The number of rotatable bonds is 21. The molecule has 1 aromatic heterocycles. The van der Waals surface area contributed by atoms with Crippen LogP contribution in [0.4, 0.5) is 0 Å². The highest BCUT2D eigenvalue weighted by Crippen LogP contribution is 2.29. The maximum Gasteiger partial charge on any atom is 0.305 e. The second-order valence-electron chi connectivity index (χ2n) is 10.3. The van der Waals surface area contributed by atoms with Crippen LogP contribution < -0.4 is 19.5 Å². The molecule has 0 aliphatic rings. The van der Waals surface area contributed by atoms with Crippen LogP contribution in [0.1, 0.15) is 42.5 Å². The Morgan fingerprint density at radius 2 is 1.56 bits per heavy atom. The average Bonchev–Trinajstić information content (AvgIpc) is 3.55. The number of nitrogens with zero attached hydrogens (tertiary/aromatic N) is 3. The van der Waals surface area contributed by atoms with Crippen LogP contribution >= 0.6 is 0 Å². The molecular formula is C34H40N4O10. The van der Waals surface area contributed by atoms with Crippen molar-refractivity contribution in [2.45, 2.75) is 38.8 Å². The predicted molar refractivity (Wildman–Crippen MR) is 174 cm³/mol. The molecule has 3 aromatic rings. The number of phenolic OH excluding ortho intramolecular Hbond substituents is 1. The van der Waals surface area contributed by atoms with Crippen LogP contribution in [0.5, 0.6) is 23.0 Å². The Morgan fingerprint density at radius 3 is 2.25 bits per heavy atom. The monoisotopic (exact) mass is 664 g/mol. The number of carbonyl (C=O) groups excluding carboxylic acids is 4. The van der Waals surface area contributed by atoms with Crippen LogP contribution in [0, 0.1) is 0 Å². The van der Waals surface area contributed by atoms with Gasteiger partial charge in [-0.05, 0) is 54.0 Å². The van der Waals surface area contributed by atoms with Crippen molar-refractivity contribution in [3.63, 3.8) is 0 Å². The van der Waals surface area contributed by atoms with Gasteiger partial charge < -0.3 is 34.1 Å². The van der Waals surface area contributed by atoms with E-state index in [9.17, 15) is 24.3 Å². The fourth-order valence-corrected chi connectivity index (χ4v) is 4.15. The van der Waals surface area contributed by atoms with Crippen molar-refractivity contribution in [3.05, 3.63) is 71.6 Å². The zero-order valence-corrected chi connectivity index (χ0v) is 27.2. The third-order valence-electron chi connectivity index (χ3n) is 6.67. The quantitative estimate of drug-likeness (QED) is 0.0736. The van der Waals surface area contributed by atoms with Crippen molar-refractivity contribution in [2.75, 3.05) is 41.1 Å². The number of esters is 1. The molecular weight excluding hydrogens is 624 g/mol. The number of carbonyl (C=O) groups is 4. The molecule has 0 saturated carbocycles. The molecule has 0 atom stereocenters. The van der Waals surface area contributed by atoms with E-state index in [1.165, 1.54) is 39.5 Å². The molecule has 256 valence electrons. The molecule has 14 heteroatoms. The van der Waals surface area contributed by atoms with Gasteiger partial charge in [0.15, 0.2) is 34.6 Å². The highest BCUT2D eigenvalue weighted by atomic mass is 16.5. The summed E-state index contributed by atoms with van der Waals surface area (Å²) < 4.78 is 28.1. The zero-order chi connectivity index (χ0) is 34.7. The summed E-state index contributed by atoms with van der Waals surface area (Å²) >= 11 is 0. The molecule has 1 amide bonds. The number of aromatic nitrogens is 3. The van der Waals surface area contributed by atoms with Gasteiger partial charge in [-0.3, -0.25) is 19.2 Å². The largest absolute Gasteiger partial charge is 0.504 e. The van der Waals surface area contributed by atoms with E-state index in [0.29, 0.717) is 61.0 Å². The minimum Gasteiger partial charge on any atom is -0.504 e. The molecule has 48 heavy (non-hydrogen) atoms. The van der Waals surface area contributed by atoms with Crippen molar-refractivity contribution < 1.29 is 48.0 Å². The lowest BCUT2D eigenvalue weighted by Crippen LogP contribution is -2.27. The van der Waals surface area contributed by atoms with E-state index in [-0.39, 0.29) is 60.8 Å². The van der Waals surface area contributed by atoms with Crippen LogP contribution in [-0.4, -0.2) is 84.6 Å². The Balaban J connectivity index is 1.38. The highest BCUT2D eigenvalue weighted by molar-refractivity contribution is 6.10. The number of ether oxygens (including phenoxy) is 5. The van der Waals surface area contributed by atoms with Gasteiger partial charge in [-0.1, -0.05) is 29.5 Å². The molecule has 0 fully saturated rings. The van der Waals surface area contributed by atoms with E-state index in [1.54, 1.807) is 53.4 Å². The van der Waals surface area contributed by atoms with E-state index in [0.717, 1.165) is 0 Å². The lowest BCUT2D eigenvalue weighted by Gasteiger charge is -2.10. The van der Waals surface area contributed by atoms with E-state index < -0.39 is 0 Å². The van der Waals surface area contributed by atoms with Gasteiger partial charge in [-0.15, -0.1) is 5.10 Å². The minimum atomic E-state index is -0.366. The van der Waals surface area contributed by atoms with Crippen LogP contribution in [0.3, 0.4) is 0 Å². The smallest absolute Gasteiger partial charge is 0.305 e. The van der Waals surface area contributed by atoms with Crippen molar-refractivity contribution in [1.82, 2.24) is 20.3 Å². The average molecular weight is 665 g/mol. The third-order valence-corrected chi connectivity index (χ3v) is 6.67. The van der Waals surface area contributed by atoms with Gasteiger partial charge in [0.05, 0.1) is 53.7 Å². The summed E-state index contributed by atoms with van der Waals surface area (Å²) in [5.74, 6) is -0.0245. The molecule has 2 aromatic carbocycles. The Labute approximate surface area is 278 Å². The van der Waals surface area contributed by atoms with Crippen LogP contribution in [-0.2, 0) is 41.8 Å². The molecule has 0 radical (unpaired) electrons. The Hall–Kier alpha value is -5.50. The number of amides is 1. The standard InChI is InChI=1S/C34H40N4O10/c1-44-31-19-24(9-13-29(31)41)7-11-27(39)21-28(40)12-8-25-10-14-30(32(20-25)45-2)48-23-26-22-38(37-36-26)16-18-47-17-15-35-33(42)5-4-6-34(43)46-3/h7-14,19-20,22,41H,4-6,15-18,21,23H2,1-3H3,(H,35,42)/b11-7+,12-8+. The van der Waals surface area contributed by atoms with Crippen molar-refractivity contribution >= 4 is 35.6 Å². The van der Waals surface area contributed by atoms with Crippen molar-refractivity contribution in [3.8, 4) is 23.0 Å². The molecule has 0 aliphatic carbocycles. The van der Waals surface area contributed by atoms with Gasteiger partial charge in [-0.2, -0.15) is 0 Å². The number of hydrogen-bond donors (Lipinski definition) is 2. The molecule has 3 rings (SSSR count). The van der Waals surface area contributed by atoms with Gasteiger partial charge in [0.1, 0.15) is 12.3 Å². The first-order chi connectivity index (χ1) is 23.2. The van der Waals surface area contributed by atoms with Crippen LogP contribution in [0.2, 0.25) is 0 Å². The van der Waals surface area contributed by atoms with E-state index >= 15 is 0 Å². The number of phenols is 1. The van der Waals surface area contributed by atoms with Crippen LogP contribution in [0.25, 0.3) is 12.2 Å². The van der Waals surface area contributed by atoms with E-state index in [4.69, 9.17) is 18.9 Å². The van der Waals surface area contributed by atoms with Gasteiger partial charge in [0.25, 0.3) is 0 Å². The number of benzene rings is 2. The number of hydrogen-bond acceptors (Lipinski definition) is 12. The third kappa shape index (κ3) is 13.1. The summed E-state index contributed by atoms with van der Waals surface area (Å²) in [6, 6.07) is 9.83. The van der Waals surface area contributed by atoms with E-state index in [2.05, 4.69) is 20.4 Å². The molecule has 0 spiro atoms. The minimum absolute atomic E-state index is 0.00875. The summed E-state index contributed by atoms with van der Waals surface area (Å²) in [4.78, 5) is 47.4. The first kappa shape index (κ1) is 37.0. The van der Waals surface area contributed by atoms with Crippen LogP contribution in [0.15, 0.2) is 54.7 Å².